The summed E-state index contributed by atoms with van der Waals surface area (Å²) >= 11 is 0. The van der Waals surface area contributed by atoms with Crippen LogP contribution in [-0.2, 0) is 16.2 Å². The van der Waals surface area contributed by atoms with Gasteiger partial charge in [0, 0.05) is 6.54 Å². The molecule has 2 N–H and O–H groups in total. The second-order valence-electron chi connectivity index (χ2n) is 5.03. The quantitative estimate of drug-likeness (QED) is 0.737. The molecule has 0 atom stereocenters. The van der Waals surface area contributed by atoms with Crippen LogP contribution in [-0.4, -0.2) is 30.1 Å². The molecule has 0 bridgehead atoms. The minimum Gasteiger partial charge on any atom is -0.489 e. The van der Waals surface area contributed by atoms with Gasteiger partial charge in [-0.2, -0.15) is 0 Å². The molecule has 0 aromatic heterocycles. The molecule has 6 heteroatoms. The van der Waals surface area contributed by atoms with Gasteiger partial charge in [-0.3, -0.25) is 9.59 Å². The van der Waals surface area contributed by atoms with Crippen molar-refractivity contribution >= 4 is 11.9 Å². The molecule has 1 amide bonds. The first-order chi connectivity index (χ1) is 11.6. The molecule has 126 valence electrons. The summed E-state index contributed by atoms with van der Waals surface area (Å²) in [5.41, 5.74) is 1.08. The summed E-state index contributed by atoms with van der Waals surface area (Å²) in [7, 11) is 0. The highest BCUT2D eigenvalue weighted by atomic mass is 16.5. The Bertz CT molecular complexity index is 655. The predicted octanol–water partition coefficient (Wildman–Crippen LogP) is 2.24. The summed E-state index contributed by atoms with van der Waals surface area (Å²) in [6.07, 6.45) is -0.112. The molecule has 24 heavy (non-hydrogen) atoms. The van der Waals surface area contributed by atoms with Gasteiger partial charge >= 0.3 is 5.97 Å². The highest BCUT2D eigenvalue weighted by molar-refractivity contribution is 5.78. The van der Waals surface area contributed by atoms with Gasteiger partial charge in [0.2, 0.25) is 0 Å². The van der Waals surface area contributed by atoms with Crippen molar-refractivity contribution in [3.8, 4) is 11.5 Å². The second kappa shape index (κ2) is 9.19. The van der Waals surface area contributed by atoms with Crippen molar-refractivity contribution in [3.63, 3.8) is 0 Å². The van der Waals surface area contributed by atoms with Crippen LogP contribution in [0.5, 0.6) is 11.5 Å². The van der Waals surface area contributed by atoms with Crippen LogP contribution >= 0.6 is 0 Å². The molecule has 0 unspecified atom stereocenters. The number of rotatable bonds is 9. The third-order valence-corrected chi connectivity index (χ3v) is 3.10. The smallest absolute Gasteiger partial charge is 0.305 e. The predicted molar refractivity (Wildman–Crippen MR) is 88.0 cm³/mol. The van der Waals surface area contributed by atoms with Crippen molar-refractivity contribution in [1.29, 1.82) is 0 Å². The highest BCUT2D eigenvalue weighted by Gasteiger charge is 2.04. The first-order valence-corrected chi connectivity index (χ1v) is 7.51. The number of hydrogen-bond acceptors (Lipinski definition) is 4. The lowest BCUT2D eigenvalue weighted by molar-refractivity contribution is -0.137. The molecule has 2 aromatic rings. The highest BCUT2D eigenvalue weighted by Crippen LogP contribution is 2.18. The SMILES string of the molecule is O=C(O)CCNC(=O)COc1ccc(OCc2ccccc2)cc1. The second-order valence-corrected chi connectivity index (χ2v) is 5.03. The molecular weight excluding hydrogens is 310 g/mol. The molecule has 0 saturated carbocycles. The van der Waals surface area contributed by atoms with E-state index in [-0.39, 0.29) is 25.5 Å². The van der Waals surface area contributed by atoms with E-state index in [9.17, 15) is 9.59 Å². The molecular formula is C18H19NO5. The van der Waals surface area contributed by atoms with E-state index in [2.05, 4.69) is 5.32 Å². The maximum absolute atomic E-state index is 11.5. The van der Waals surface area contributed by atoms with E-state index in [1.54, 1.807) is 24.3 Å². The number of nitrogens with one attached hydrogen (secondary N) is 1. The van der Waals surface area contributed by atoms with Gasteiger partial charge in [-0.1, -0.05) is 30.3 Å². The topological polar surface area (TPSA) is 84.9 Å². The van der Waals surface area contributed by atoms with Crippen molar-refractivity contribution in [3.05, 3.63) is 60.2 Å². The van der Waals surface area contributed by atoms with Crippen molar-refractivity contribution in [1.82, 2.24) is 5.32 Å². The number of ether oxygens (including phenoxy) is 2. The van der Waals surface area contributed by atoms with E-state index in [0.717, 1.165) is 5.56 Å². The molecule has 0 aliphatic rings. The molecule has 0 heterocycles. The zero-order valence-electron chi connectivity index (χ0n) is 13.1. The van der Waals surface area contributed by atoms with Gasteiger partial charge in [0.05, 0.1) is 6.42 Å². The Hall–Kier alpha value is -3.02. The number of carboxylic acids is 1. The van der Waals surface area contributed by atoms with Crippen LogP contribution in [0.1, 0.15) is 12.0 Å². The first kappa shape index (κ1) is 17.3. The standard InChI is InChI=1S/C18H19NO5/c20-17(19-11-10-18(21)22)13-24-16-8-6-15(7-9-16)23-12-14-4-2-1-3-5-14/h1-9H,10-13H2,(H,19,20)(H,21,22). The lowest BCUT2D eigenvalue weighted by Crippen LogP contribution is -2.30. The molecule has 2 rings (SSSR count). The molecule has 6 nitrogen and oxygen atoms in total. The molecule has 0 saturated heterocycles. The average Bonchev–Trinajstić information content (AvgIpc) is 2.59. The Morgan fingerprint density at radius 1 is 0.917 bits per heavy atom. The van der Waals surface area contributed by atoms with Crippen molar-refractivity contribution in [2.75, 3.05) is 13.2 Å². The molecule has 0 aliphatic carbocycles. The zero-order chi connectivity index (χ0) is 17.2. The van der Waals surface area contributed by atoms with Gasteiger partial charge in [-0.25, -0.2) is 0 Å². The minimum atomic E-state index is -0.956. The van der Waals surface area contributed by atoms with E-state index in [0.29, 0.717) is 18.1 Å². The first-order valence-electron chi connectivity index (χ1n) is 7.51. The lowest BCUT2D eigenvalue weighted by atomic mass is 10.2. The summed E-state index contributed by atoms with van der Waals surface area (Å²) < 4.78 is 11.0. The third kappa shape index (κ3) is 6.39. The fraction of sp³-hybridized carbons (Fsp3) is 0.222. The Labute approximate surface area is 140 Å². The van der Waals surface area contributed by atoms with Crippen molar-refractivity contribution < 1.29 is 24.2 Å². The summed E-state index contributed by atoms with van der Waals surface area (Å²) in [4.78, 5) is 21.8. The van der Waals surface area contributed by atoms with Gasteiger partial charge in [0.15, 0.2) is 6.61 Å². The Morgan fingerprint density at radius 3 is 2.17 bits per heavy atom. The maximum Gasteiger partial charge on any atom is 0.305 e. The number of carbonyl (C=O) groups is 2. The van der Waals surface area contributed by atoms with Gasteiger partial charge < -0.3 is 19.9 Å². The summed E-state index contributed by atoms with van der Waals surface area (Å²) in [6, 6.07) is 16.8. The summed E-state index contributed by atoms with van der Waals surface area (Å²) in [6.45, 7) is 0.403. The van der Waals surface area contributed by atoms with Crippen LogP contribution in [0, 0.1) is 0 Å². The number of amides is 1. The van der Waals surface area contributed by atoms with E-state index < -0.39 is 5.97 Å². The lowest BCUT2D eigenvalue weighted by Gasteiger charge is -2.09. The average molecular weight is 329 g/mol. The monoisotopic (exact) mass is 329 g/mol. The molecule has 0 aliphatic heterocycles. The fourth-order valence-electron chi connectivity index (χ4n) is 1.88. The number of carbonyl (C=O) groups excluding carboxylic acids is 1. The van der Waals surface area contributed by atoms with Crippen molar-refractivity contribution in [2.24, 2.45) is 0 Å². The minimum absolute atomic E-state index is 0.0871. The number of aliphatic carboxylic acids is 1. The summed E-state index contributed by atoms with van der Waals surface area (Å²) in [5, 5.41) is 10.9. The molecule has 0 fully saturated rings. The number of benzene rings is 2. The fourth-order valence-corrected chi connectivity index (χ4v) is 1.88. The molecule has 0 radical (unpaired) electrons. The normalized spacial score (nSPS) is 10.0. The van der Waals surface area contributed by atoms with Crippen LogP contribution < -0.4 is 14.8 Å². The Morgan fingerprint density at radius 2 is 1.54 bits per heavy atom. The van der Waals surface area contributed by atoms with E-state index >= 15 is 0 Å². The van der Waals surface area contributed by atoms with E-state index in [4.69, 9.17) is 14.6 Å². The number of carboxylic acid groups (broad SMARTS) is 1. The van der Waals surface area contributed by atoms with Crippen LogP contribution in [0.25, 0.3) is 0 Å². The number of hydrogen-bond donors (Lipinski definition) is 2. The van der Waals surface area contributed by atoms with Gasteiger partial charge in [-0.05, 0) is 29.8 Å². The van der Waals surface area contributed by atoms with Crippen LogP contribution in [0.15, 0.2) is 54.6 Å². The maximum atomic E-state index is 11.5. The molecule has 0 spiro atoms. The largest absolute Gasteiger partial charge is 0.489 e. The van der Waals surface area contributed by atoms with Crippen LogP contribution in [0.4, 0.5) is 0 Å². The van der Waals surface area contributed by atoms with Crippen LogP contribution in [0.2, 0.25) is 0 Å². The summed E-state index contributed by atoms with van der Waals surface area (Å²) in [5.74, 6) is -0.0736. The molecule has 2 aromatic carbocycles. The van der Waals surface area contributed by atoms with Crippen LogP contribution in [0.3, 0.4) is 0 Å². The van der Waals surface area contributed by atoms with Gasteiger partial charge in [-0.15, -0.1) is 0 Å². The zero-order valence-corrected chi connectivity index (χ0v) is 13.1. The van der Waals surface area contributed by atoms with Gasteiger partial charge in [0.25, 0.3) is 5.91 Å². The van der Waals surface area contributed by atoms with E-state index in [1.165, 1.54) is 0 Å². The van der Waals surface area contributed by atoms with Gasteiger partial charge in [0.1, 0.15) is 18.1 Å². The van der Waals surface area contributed by atoms with E-state index in [1.807, 2.05) is 30.3 Å². The Kier molecular flexibility index (Phi) is 6.64. The third-order valence-electron chi connectivity index (χ3n) is 3.10. The Balaban J connectivity index is 1.71. The van der Waals surface area contributed by atoms with Crippen molar-refractivity contribution in [2.45, 2.75) is 13.0 Å².